The fourth-order valence-electron chi connectivity index (χ4n) is 3.47. The normalized spacial score (nSPS) is 35.5. The molecule has 1 N–H and O–H groups in total. The molecular formula is C15H22N2O. The maximum Gasteiger partial charge on any atom is 0.125 e. The van der Waals surface area contributed by atoms with E-state index in [1.807, 2.05) is 7.05 Å². The van der Waals surface area contributed by atoms with Gasteiger partial charge in [0.25, 0.3) is 0 Å². The summed E-state index contributed by atoms with van der Waals surface area (Å²) < 4.78 is 6.37. The maximum atomic E-state index is 6.37. The van der Waals surface area contributed by atoms with Crippen LogP contribution in [0.4, 0.5) is 0 Å². The van der Waals surface area contributed by atoms with Crippen molar-refractivity contribution in [2.75, 3.05) is 20.6 Å². The molecule has 2 heterocycles. The first-order chi connectivity index (χ1) is 8.63. The molecule has 0 aromatic heterocycles. The zero-order chi connectivity index (χ0) is 12.8. The van der Waals surface area contributed by atoms with Crippen LogP contribution < -0.4 is 10.1 Å². The molecule has 1 saturated heterocycles. The molecule has 0 saturated carbocycles. The molecule has 98 valence electrons. The minimum atomic E-state index is -0.00377. The van der Waals surface area contributed by atoms with Gasteiger partial charge in [0.15, 0.2) is 0 Å². The second-order valence-corrected chi connectivity index (χ2v) is 5.84. The first-order valence-electron chi connectivity index (χ1n) is 6.79. The highest BCUT2D eigenvalue weighted by atomic mass is 16.5. The summed E-state index contributed by atoms with van der Waals surface area (Å²) >= 11 is 0. The summed E-state index contributed by atoms with van der Waals surface area (Å²) in [6, 6.07) is 9.44. The highest BCUT2D eigenvalue weighted by Crippen LogP contribution is 2.44. The molecule has 1 aromatic carbocycles. The summed E-state index contributed by atoms with van der Waals surface area (Å²) in [6.45, 7) is 3.31. The van der Waals surface area contributed by atoms with Crippen molar-refractivity contribution < 1.29 is 4.74 Å². The Balaban J connectivity index is 1.95. The molecule has 1 spiro atoms. The SMILES string of the molecule is CNC1CC2(CC(C)N(C)C2)Oc2ccccc21. The Bertz CT molecular complexity index is 436. The smallest absolute Gasteiger partial charge is 0.125 e. The molecule has 2 aliphatic heterocycles. The summed E-state index contributed by atoms with van der Waals surface area (Å²) in [5.41, 5.74) is 1.30. The number of hydrogen-bond donors (Lipinski definition) is 1. The van der Waals surface area contributed by atoms with Crippen molar-refractivity contribution in [3.63, 3.8) is 0 Å². The number of likely N-dealkylation sites (N-methyl/N-ethyl adjacent to an activating group) is 1. The second kappa shape index (κ2) is 4.25. The molecule has 1 aromatic rings. The number of benzene rings is 1. The van der Waals surface area contributed by atoms with Crippen molar-refractivity contribution in [1.29, 1.82) is 0 Å². The van der Waals surface area contributed by atoms with Crippen LogP contribution in [0.25, 0.3) is 0 Å². The van der Waals surface area contributed by atoms with Crippen LogP contribution in [0.15, 0.2) is 24.3 Å². The summed E-state index contributed by atoms with van der Waals surface area (Å²) in [6.07, 6.45) is 2.19. The van der Waals surface area contributed by atoms with Crippen molar-refractivity contribution in [2.24, 2.45) is 0 Å². The van der Waals surface area contributed by atoms with Crippen LogP contribution >= 0.6 is 0 Å². The van der Waals surface area contributed by atoms with Crippen molar-refractivity contribution in [2.45, 2.75) is 37.5 Å². The monoisotopic (exact) mass is 246 g/mol. The molecule has 1 fully saturated rings. The average molecular weight is 246 g/mol. The van der Waals surface area contributed by atoms with E-state index in [2.05, 4.69) is 48.5 Å². The maximum absolute atomic E-state index is 6.37. The third kappa shape index (κ3) is 1.82. The van der Waals surface area contributed by atoms with Crippen molar-refractivity contribution >= 4 is 0 Å². The van der Waals surface area contributed by atoms with Gasteiger partial charge in [0, 0.05) is 37.0 Å². The van der Waals surface area contributed by atoms with Crippen LogP contribution in [0.2, 0.25) is 0 Å². The minimum Gasteiger partial charge on any atom is -0.485 e. The Morgan fingerprint density at radius 3 is 2.78 bits per heavy atom. The van der Waals surface area contributed by atoms with Crippen LogP contribution in [0, 0.1) is 0 Å². The summed E-state index contributed by atoms with van der Waals surface area (Å²) in [4.78, 5) is 2.40. The van der Waals surface area contributed by atoms with Gasteiger partial charge in [-0.3, -0.25) is 4.90 Å². The number of fused-ring (bicyclic) bond motifs is 1. The third-order valence-electron chi connectivity index (χ3n) is 4.50. The molecular weight excluding hydrogens is 224 g/mol. The number of para-hydroxylation sites is 1. The van der Waals surface area contributed by atoms with E-state index in [9.17, 15) is 0 Å². The molecule has 3 unspecified atom stereocenters. The van der Waals surface area contributed by atoms with E-state index in [-0.39, 0.29) is 5.60 Å². The lowest BCUT2D eigenvalue weighted by Crippen LogP contribution is -2.45. The Kier molecular flexibility index (Phi) is 2.83. The Morgan fingerprint density at radius 2 is 2.11 bits per heavy atom. The molecule has 0 aliphatic carbocycles. The van der Waals surface area contributed by atoms with Gasteiger partial charge in [0.05, 0.1) is 0 Å². The van der Waals surface area contributed by atoms with E-state index in [0.29, 0.717) is 12.1 Å². The first-order valence-corrected chi connectivity index (χ1v) is 6.79. The van der Waals surface area contributed by atoms with Gasteiger partial charge in [-0.15, -0.1) is 0 Å². The van der Waals surface area contributed by atoms with Gasteiger partial charge in [-0.1, -0.05) is 18.2 Å². The standard InChI is InChI=1S/C15H22N2O/c1-11-8-15(10-17(11)3)9-13(16-2)12-6-4-5-7-14(12)18-15/h4-7,11,13,16H,8-10H2,1-3H3. The number of rotatable bonds is 1. The van der Waals surface area contributed by atoms with Crippen LogP contribution in [-0.4, -0.2) is 37.2 Å². The van der Waals surface area contributed by atoms with E-state index in [1.54, 1.807) is 0 Å². The van der Waals surface area contributed by atoms with Gasteiger partial charge < -0.3 is 10.1 Å². The highest BCUT2D eigenvalue weighted by Gasteiger charge is 2.47. The number of hydrogen-bond acceptors (Lipinski definition) is 3. The van der Waals surface area contributed by atoms with Gasteiger partial charge in [0.2, 0.25) is 0 Å². The number of nitrogens with zero attached hydrogens (tertiary/aromatic N) is 1. The lowest BCUT2D eigenvalue weighted by molar-refractivity contribution is 0.0417. The van der Waals surface area contributed by atoms with E-state index in [1.165, 1.54) is 5.56 Å². The zero-order valence-electron chi connectivity index (χ0n) is 11.4. The fraction of sp³-hybridized carbons (Fsp3) is 0.600. The predicted molar refractivity (Wildman–Crippen MR) is 72.9 cm³/mol. The molecule has 3 rings (SSSR count). The van der Waals surface area contributed by atoms with Gasteiger partial charge in [-0.2, -0.15) is 0 Å². The second-order valence-electron chi connectivity index (χ2n) is 5.84. The van der Waals surface area contributed by atoms with Gasteiger partial charge in [-0.05, 0) is 27.1 Å². The van der Waals surface area contributed by atoms with E-state index in [0.717, 1.165) is 25.1 Å². The minimum absolute atomic E-state index is 0.00377. The molecule has 3 nitrogen and oxygen atoms in total. The number of ether oxygens (including phenoxy) is 1. The molecule has 2 aliphatic rings. The summed E-state index contributed by atoms with van der Waals surface area (Å²) in [5, 5.41) is 3.44. The van der Waals surface area contributed by atoms with Crippen LogP contribution in [0.5, 0.6) is 5.75 Å². The quantitative estimate of drug-likeness (QED) is 0.822. The first kappa shape index (κ1) is 12.0. The van der Waals surface area contributed by atoms with E-state index in [4.69, 9.17) is 4.74 Å². The Morgan fingerprint density at radius 1 is 1.33 bits per heavy atom. The van der Waals surface area contributed by atoms with Crippen LogP contribution in [0.3, 0.4) is 0 Å². The highest BCUT2D eigenvalue weighted by molar-refractivity contribution is 5.39. The zero-order valence-corrected chi connectivity index (χ0v) is 11.4. The largest absolute Gasteiger partial charge is 0.485 e. The van der Waals surface area contributed by atoms with Crippen molar-refractivity contribution in [1.82, 2.24) is 10.2 Å². The third-order valence-corrected chi connectivity index (χ3v) is 4.50. The van der Waals surface area contributed by atoms with E-state index >= 15 is 0 Å². The lowest BCUT2D eigenvalue weighted by atomic mass is 9.85. The predicted octanol–water partition coefficient (Wildman–Crippen LogP) is 2.19. The number of nitrogens with one attached hydrogen (secondary N) is 1. The number of likely N-dealkylation sites (tertiary alicyclic amines) is 1. The lowest BCUT2D eigenvalue weighted by Gasteiger charge is -2.39. The van der Waals surface area contributed by atoms with E-state index < -0.39 is 0 Å². The van der Waals surface area contributed by atoms with Gasteiger partial charge in [0.1, 0.15) is 11.4 Å². The van der Waals surface area contributed by atoms with Gasteiger partial charge in [-0.25, -0.2) is 0 Å². The molecule has 0 amide bonds. The topological polar surface area (TPSA) is 24.5 Å². The fourth-order valence-corrected chi connectivity index (χ4v) is 3.47. The average Bonchev–Trinajstić information content (AvgIpc) is 2.63. The van der Waals surface area contributed by atoms with Gasteiger partial charge >= 0.3 is 0 Å². The summed E-state index contributed by atoms with van der Waals surface area (Å²) in [5.74, 6) is 1.06. The van der Waals surface area contributed by atoms with Crippen molar-refractivity contribution in [3.05, 3.63) is 29.8 Å². The molecule has 3 heteroatoms. The summed E-state index contributed by atoms with van der Waals surface area (Å²) in [7, 11) is 4.24. The Labute approximate surface area is 109 Å². The molecule has 18 heavy (non-hydrogen) atoms. The van der Waals surface area contributed by atoms with Crippen LogP contribution in [0.1, 0.15) is 31.4 Å². The molecule has 3 atom stereocenters. The van der Waals surface area contributed by atoms with Crippen LogP contribution in [-0.2, 0) is 0 Å². The van der Waals surface area contributed by atoms with Crippen molar-refractivity contribution in [3.8, 4) is 5.75 Å². The Hall–Kier alpha value is -1.06. The molecule has 0 bridgehead atoms. The molecule has 0 radical (unpaired) electrons.